The number of aryl methyl sites for hydroxylation is 1. The molecule has 0 bridgehead atoms. The molecule has 0 atom stereocenters. The van der Waals surface area contributed by atoms with Gasteiger partial charge >= 0.3 is 0 Å². The lowest BCUT2D eigenvalue weighted by Gasteiger charge is -2.29. The fraction of sp³-hybridized carbons (Fsp3) is 0.188. The quantitative estimate of drug-likeness (QED) is 0.792. The number of nitrogens with zero attached hydrogens (tertiary/aromatic N) is 1. The Morgan fingerprint density at radius 3 is 2.64 bits per heavy atom. The van der Waals surface area contributed by atoms with E-state index in [-0.39, 0.29) is 10.8 Å². The summed E-state index contributed by atoms with van der Waals surface area (Å²) in [4.78, 5) is 14.4. The van der Waals surface area contributed by atoms with Crippen molar-refractivity contribution in [2.24, 2.45) is 0 Å². The van der Waals surface area contributed by atoms with Gasteiger partial charge in [0, 0.05) is 28.5 Å². The van der Waals surface area contributed by atoms with Crippen LogP contribution >= 0.6 is 10.7 Å². The third-order valence-electron chi connectivity index (χ3n) is 3.72. The first-order valence-electron chi connectivity index (χ1n) is 6.91. The Bertz CT molecular complexity index is 833. The molecule has 0 N–H and O–H groups in total. The summed E-state index contributed by atoms with van der Waals surface area (Å²) in [5.41, 5.74) is 2.33. The minimum Gasteiger partial charge on any atom is -0.308 e. The molecule has 2 aromatic rings. The standard InChI is InChI=1S/C16H14ClNO3S/c17-22(20,21)14-8-3-6-13(11-14)16(19)18-10-4-7-12-5-1-2-9-15(12)18/h1-3,5-6,8-9,11H,4,7,10H2. The van der Waals surface area contributed by atoms with Crippen molar-refractivity contribution < 1.29 is 13.2 Å². The molecule has 3 rings (SSSR count). The van der Waals surface area contributed by atoms with Gasteiger partial charge in [0.15, 0.2) is 0 Å². The zero-order chi connectivity index (χ0) is 15.7. The first-order chi connectivity index (χ1) is 10.5. The first kappa shape index (κ1) is 15.1. The molecule has 114 valence electrons. The maximum atomic E-state index is 12.7. The number of para-hydroxylation sites is 1. The molecule has 1 heterocycles. The molecule has 0 fully saturated rings. The molecule has 1 aliphatic rings. The minimum atomic E-state index is -3.85. The smallest absolute Gasteiger partial charge is 0.261 e. The van der Waals surface area contributed by atoms with Crippen LogP contribution in [0, 0.1) is 0 Å². The Hall–Kier alpha value is -1.85. The lowest BCUT2D eigenvalue weighted by atomic mass is 10.0. The zero-order valence-electron chi connectivity index (χ0n) is 11.7. The number of amides is 1. The van der Waals surface area contributed by atoms with Crippen LogP contribution in [0.2, 0.25) is 0 Å². The van der Waals surface area contributed by atoms with Gasteiger partial charge in [-0.05, 0) is 42.7 Å². The van der Waals surface area contributed by atoms with E-state index in [1.807, 2.05) is 24.3 Å². The number of hydrogen-bond donors (Lipinski definition) is 0. The molecule has 0 aliphatic carbocycles. The largest absolute Gasteiger partial charge is 0.308 e. The van der Waals surface area contributed by atoms with E-state index in [1.54, 1.807) is 11.0 Å². The minimum absolute atomic E-state index is 0.0645. The third kappa shape index (κ3) is 2.87. The lowest BCUT2D eigenvalue weighted by Crippen LogP contribution is -2.35. The number of halogens is 1. The van der Waals surface area contributed by atoms with Gasteiger partial charge in [0.1, 0.15) is 0 Å². The predicted molar refractivity (Wildman–Crippen MR) is 85.9 cm³/mol. The fourth-order valence-electron chi connectivity index (χ4n) is 2.68. The first-order valence-corrected chi connectivity index (χ1v) is 9.22. The van der Waals surface area contributed by atoms with E-state index >= 15 is 0 Å². The highest BCUT2D eigenvalue weighted by Gasteiger charge is 2.24. The van der Waals surface area contributed by atoms with Crippen molar-refractivity contribution in [3.63, 3.8) is 0 Å². The van der Waals surface area contributed by atoms with Crippen molar-refractivity contribution in [3.05, 3.63) is 59.7 Å². The molecule has 0 unspecified atom stereocenters. The molecule has 0 spiro atoms. The van der Waals surface area contributed by atoms with Crippen molar-refractivity contribution in [2.45, 2.75) is 17.7 Å². The van der Waals surface area contributed by atoms with Gasteiger partial charge in [0.05, 0.1) is 4.90 Å². The van der Waals surface area contributed by atoms with Crippen LogP contribution in [0.5, 0.6) is 0 Å². The molecule has 4 nitrogen and oxygen atoms in total. The van der Waals surface area contributed by atoms with E-state index in [1.165, 1.54) is 18.2 Å². The highest BCUT2D eigenvalue weighted by Crippen LogP contribution is 2.28. The summed E-state index contributed by atoms with van der Waals surface area (Å²) in [5, 5.41) is 0. The lowest BCUT2D eigenvalue weighted by molar-refractivity contribution is 0.0985. The second kappa shape index (κ2) is 5.74. The van der Waals surface area contributed by atoms with Gasteiger partial charge < -0.3 is 4.90 Å². The zero-order valence-corrected chi connectivity index (χ0v) is 13.3. The van der Waals surface area contributed by atoms with Crippen LogP contribution in [-0.2, 0) is 15.5 Å². The molecule has 22 heavy (non-hydrogen) atoms. The summed E-state index contributed by atoms with van der Waals surface area (Å²) in [6, 6.07) is 13.6. The number of hydrogen-bond acceptors (Lipinski definition) is 3. The van der Waals surface area contributed by atoms with Crippen molar-refractivity contribution in [3.8, 4) is 0 Å². The molecule has 0 radical (unpaired) electrons. The molecule has 0 aromatic heterocycles. The van der Waals surface area contributed by atoms with Gasteiger partial charge in [0.2, 0.25) is 0 Å². The third-order valence-corrected chi connectivity index (χ3v) is 5.07. The van der Waals surface area contributed by atoms with Gasteiger partial charge in [0.25, 0.3) is 15.0 Å². The SMILES string of the molecule is O=C(c1cccc(S(=O)(=O)Cl)c1)N1CCCc2ccccc21. The van der Waals surface area contributed by atoms with Gasteiger partial charge in [-0.1, -0.05) is 24.3 Å². The van der Waals surface area contributed by atoms with Crippen LogP contribution in [-0.4, -0.2) is 20.9 Å². The van der Waals surface area contributed by atoms with Crippen LogP contribution in [0.4, 0.5) is 5.69 Å². The number of fused-ring (bicyclic) bond motifs is 1. The van der Waals surface area contributed by atoms with Crippen molar-refractivity contribution in [1.82, 2.24) is 0 Å². The van der Waals surface area contributed by atoms with Gasteiger partial charge in [-0.15, -0.1) is 0 Å². The summed E-state index contributed by atoms with van der Waals surface area (Å²) in [6.45, 7) is 0.619. The molecular formula is C16H14ClNO3S. The van der Waals surface area contributed by atoms with Gasteiger partial charge in [-0.25, -0.2) is 8.42 Å². The molecule has 2 aromatic carbocycles. The summed E-state index contributed by atoms with van der Waals surface area (Å²) in [5.74, 6) is -0.214. The van der Waals surface area contributed by atoms with E-state index in [9.17, 15) is 13.2 Å². The molecular weight excluding hydrogens is 322 g/mol. The van der Waals surface area contributed by atoms with Crippen LogP contribution in [0.3, 0.4) is 0 Å². The van der Waals surface area contributed by atoms with Gasteiger partial charge in [-0.3, -0.25) is 4.79 Å². The molecule has 1 aliphatic heterocycles. The number of carbonyl (C=O) groups is 1. The average Bonchev–Trinajstić information content (AvgIpc) is 2.53. The molecule has 6 heteroatoms. The van der Waals surface area contributed by atoms with Gasteiger partial charge in [-0.2, -0.15) is 0 Å². The maximum Gasteiger partial charge on any atom is 0.261 e. The molecule has 0 saturated heterocycles. The van der Waals surface area contributed by atoms with E-state index in [4.69, 9.17) is 10.7 Å². The second-order valence-corrected chi connectivity index (χ2v) is 7.72. The maximum absolute atomic E-state index is 12.7. The number of anilines is 1. The Morgan fingerprint density at radius 1 is 1.09 bits per heavy atom. The van der Waals surface area contributed by atoms with E-state index in [2.05, 4.69) is 0 Å². The number of rotatable bonds is 2. The average molecular weight is 336 g/mol. The summed E-state index contributed by atoms with van der Waals surface area (Å²) in [7, 11) is 1.50. The normalized spacial score (nSPS) is 14.5. The van der Waals surface area contributed by atoms with Crippen molar-refractivity contribution in [2.75, 3.05) is 11.4 Å². The van der Waals surface area contributed by atoms with E-state index in [0.29, 0.717) is 12.1 Å². The fourth-order valence-corrected chi connectivity index (χ4v) is 3.48. The summed E-state index contributed by atoms with van der Waals surface area (Å²) >= 11 is 0. The highest BCUT2D eigenvalue weighted by molar-refractivity contribution is 8.13. The summed E-state index contributed by atoms with van der Waals surface area (Å²) < 4.78 is 22.8. The topological polar surface area (TPSA) is 54.5 Å². The Morgan fingerprint density at radius 2 is 1.86 bits per heavy atom. The predicted octanol–water partition coefficient (Wildman–Crippen LogP) is 3.21. The monoisotopic (exact) mass is 335 g/mol. The molecule has 0 saturated carbocycles. The van der Waals surface area contributed by atoms with Crippen LogP contribution in [0.15, 0.2) is 53.4 Å². The molecule has 1 amide bonds. The second-order valence-electron chi connectivity index (χ2n) is 5.15. The van der Waals surface area contributed by atoms with E-state index in [0.717, 1.165) is 24.1 Å². The summed E-state index contributed by atoms with van der Waals surface area (Å²) in [6.07, 6.45) is 1.83. The number of carbonyl (C=O) groups excluding carboxylic acids is 1. The van der Waals surface area contributed by atoms with E-state index < -0.39 is 9.05 Å². The van der Waals surface area contributed by atoms with Crippen LogP contribution < -0.4 is 4.90 Å². The Kier molecular flexibility index (Phi) is 3.93. The Balaban J connectivity index is 1.99. The Labute approximate surface area is 133 Å². The highest BCUT2D eigenvalue weighted by atomic mass is 35.7. The van der Waals surface area contributed by atoms with Crippen molar-refractivity contribution >= 4 is 31.3 Å². The van der Waals surface area contributed by atoms with Crippen molar-refractivity contribution in [1.29, 1.82) is 0 Å². The van der Waals surface area contributed by atoms with Crippen LogP contribution in [0.1, 0.15) is 22.3 Å². The van der Waals surface area contributed by atoms with Crippen LogP contribution in [0.25, 0.3) is 0 Å². The number of benzene rings is 2.